The molecule has 17 heavy (non-hydrogen) atoms. The number of benzene rings is 1. The predicted octanol–water partition coefficient (Wildman–Crippen LogP) is 1.83. The van der Waals surface area contributed by atoms with Crippen molar-refractivity contribution in [2.75, 3.05) is 6.61 Å². The van der Waals surface area contributed by atoms with Gasteiger partial charge in [-0.05, 0) is 18.6 Å². The van der Waals surface area contributed by atoms with E-state index in [1.54, 1.807) is 0 Å². The monoisotopic (exact) mass is 245 g/mol. The van der Waals surface area contributed by atoms with Crippen LogP contribution in [0.2, 0.25) is 0 Å². The highest BCUT2D eigenvalue weighted by Gasteiger charge is 2.19. The summed E-state index contributed by atoms with van der Waals surface area (Å²) in [6.45, 7) is 1.64. The number of aliphatic hydroxyl groups is 1. The van der Waals surface area contributed by atoms with Crippen LogP contribution in [0.15, 0.2) is 18.2 Å². The molecule has 96 valence electrons. The van der Waals surface area contributed by atoms with Crippen molar-refractivity contribution < 1.29 is 18.6 Å². The van der Waals surface area contributed by atoms with Crippen LogP contribution in [-0.4, -0.2) is 23.9 Å². The number of halogens is 2. The third-order valence-corrected chi connectivity index (χ3v) is 2.45. The standard InChI is InChI=1S/C12H17F2NO2/c1-2-3-10(15)12(7-16)17-11-5-4-8(13)6-9(11)14/h4-6,10,12,16H,2-3,7,15H2,1H3. The van der Waals surface area contributed by atoms with E-state index >= 15 is 0 Å². The Morgan fingerprint density at radius 1 is 1.41 bits per heavy atom. The molecule has 1 rings (SSSR count). The molecule has 0 aliphatic rings. The molecule has 3 N–H and O–H groups in total. The van der Waals surface area contributed by atoms with Gasteiger partial charge in [-0.1, -0.05) is 13.3 Å². The number of hydrogen-bond acceptors (Lipinski definition) is 3. The van der Waals surface area contributed by atoms with Crippen molar-refractivity contribution in [2.45, 2.75) is 31.9 Å². The van der Waals surface area contributed by atoms with E-state index in [4.69, 9.17) is 15.6 Å². The Labute approximate surface area is 99.2 Å². The number of ether oxygens (including phenoxy) is 1. The zero-order valence-electron chi connectivity index (χ0n) is 9.70. The van der Waals surface area contributed by atoms with E-state index in [-0.39, 0.29) is 18.4 Å². The SMILES string of the molecule is CCCC(N)C(CO)Oc1ccc(F)cc1F. The average Bonchev–Trinajstić information content (AvgIpc) is 2.28. The molecule has 0 bridgehead atoms. The highest BCUT2D eigenvalue weighted by molar-refractivity contribution is 5.25. The van der Waals surface area contributed by atoms with Crippen molar-refractivity contribution in [3.63, 3.8) is 0 Å². The van der Waals surface area contributed by atoms with Crippen LogP contribution in [0.25, 0.3) is 0 Å². The smallest absolute Gasteiger partial charge is 0.167 e. The van der Waals surface area contributed by atoms with Crippen molar-refractivity contribution in [1.82, 2.24) is 0 Å². The van der Waals surface area contributed by atoms with E-state index < -0.39 is 17.7 Å². The van der Waals surface area contributed by atoms with Crippen molar-refractivity contribution >= 4 is 0 Å². The lowest BCUT2D eigenvalue weighted by Crippen LogP contribution is -2.41. The number of nitrogens with two attached hydrogens (primary N) is 1. The molecule has 0 amide bonds. The van der Waals surface area contributed by atoms with Crippen LogP contribution in [0.1, 0.15) is 19.8 Å². The van der Waals surface area contributed by atoms with Crippen LogP contribution < -0.4 is 10.5 Å². The normalized spacial score (nSPS) is 14.4. The zero-order valence-corrected chi connectivity index (χ0v) is 9.70. The topological polar surface area (TPSA) is 55.5 Å². The first kappa shape index (κ1) is 13.9. The molecule has 0 spiro atoms. The van der Waals surface area contributed by atoms with Gasteiger partial charge in [0.15, 0.2) is 11.6 Å². The van der Waals surface area contributed by atoms with Gasteiger partial charge in [-0.15, -0.1) is 0 Å². The molecule has 2 unspecified atom stereocenters. The minimum Gasteiger partial charge on any atom is -0.483 e. The quantitative estimate of drug-likeness (QED) is 0.804. The van der Waals surface area contributed by atoms with Crippen LogP contribution in [0.3, 0.4) is 0 Å². The van der Waals surface area contributed by atoms with Gasteiger partial charge in [0.1, 0.15) is 11.9 Å². The highest BCUT2D eigenvalue weighted by atomic mass is 19.1. The lowest BCUT2D eigenvalue weighted by atomic mass is 10.1. The summed E-state index contributed by atoms with van der Waals surface area (Å²) in [5, 5.41) is 9.13. The van der Waals surface area contributed by atoms with Crippen LogP contribution >= 0.6 is 0 Å². The van der Waals surface area contributed by atoms with Crippen LogP contribution in [0.5, 0.6) is 5.75 Å². The molecule has 0 heterocycles. The van der Waals surface area contributed by atoms with Gasteiger partial charge in [-0.3, -0.25) is 0 Å². The first-order chi connectivity index (χ1) is 8.08. The molecule has 0 fully saturated rings. The maximum atomic E-state index is 13.3. The van der Waals surface area contributed by atoms with Gasteiger partial charge in [0.2, 0.25) is 0 Å². The Morgan fingerprint density at radius 3 is 2.65 bits per heavy atom. The van der Waals surface area contributed by atoms with Gasteiger partial charge in [0.25, 0.3) is 0 Å². The molecule has 2 atom stereocenters. The second kappa shape index (κ2) is 6.51. The average molecular weight is 245 g/mol. The Hall–Kier alpha value is -1.20. The van der Waals surface area contributed by atoms with E-state index in [1.807, 2.05) is 6.92 Å². The minimum absolute atomic E-state index is 0.1000. The summed E-state index contributed by atoms with van der Waals surface area (Å²) in [7, 11) is 0. The van der Waals surface area contributed by atoms with Crippen molar-refractivity contribution in [3.8, 4) is 5.75 Å². The van der Waals surface area contributed by atoms with Gasteiger partial charge >= 0.3 is 0 Å². The number of hydrogen-bond donors (Lipinski definition) is 2. The van der Waals surface area contributed by atoms with E-state index in [0.29, 0.717) is 6.42 Å². The molecule has 0 saturated carbocycles. The maximum absolute atomic E-state index is 13.3. The molecule has 0 aromatic heterocycles. The van der Waals surface area contributed by atoms with Gasteiger partial charge in [0, 0.05) is 12.1 Å². The second-order valence-corrected chi connectivity index (χ2v) is 3.87. The van der Waals surface area contributed by atoms with Crippen molar-refractivity contribution in [1.29, 1.82) is 0 Å². The Morgan fingerprint density at radius 2 is 2.12 bits per heavy atom. The number of aliphatic hydroxyl groups excluding tert-OH is 1. The Kier molecular flexibility index (Phi) is 5.31. The molecule has 0 radical (unpaired) electrons. The van der Waals surface area contributed by atoms with E-state index in [2.05, 4.69) is 0 Å². The van der Waals surface area contributed by atoms with Crippen LogP contribution in [-0.2, 0) is 0 Å². The summed E-state index contributed by atoms with van der Waals surface area (Å²) in [6.07, 6.45) is 0.816. The third kappa shape index (κ3) is 3.94. The molecule has 1 aromatic rings. The summed E-state index contributed by atoms with van der Waals surface area (Å²) in [6, 6.07) is 2.63. The minimum atomic E-state index is -0.799. The molecule has 0 aliphatic carbocycles. The Balaban J connectivity index is 2.73. The second-order valence-electron chi connectivity index (χ2n) is 3.87. The summed E-state index contributed by atoms with van der Waals surface area (Å²) in [5.74, 6) is -1.57. The molecule has 5 heteroatoms. The summed E-state index contributed by atoms with van der Waals surface area (Å²) >= 11 is 0. The predicted molar refractivity (Wildman–Crippen MR) is 60.7 cm³/mol. The number of rotatable bonds is 6. The molecule has 1 aromatic carbocycles. The van der Waals surface area contributed by atoms with Crippen LogP contribution in [0, 0.1) is 11.6 Å². The van der Waals surface area contributed by atoms with Gasteiger partial charge in [-0.2, -0.15) is 0 Å². The van der Waals surface area contributed by atoms with Gasteiger partial charge in [-0.25, -0.2) is 8.78 Å². The highest BCUT2D eigenvalue weighted by Crippen LogP contribution is 2.20. The lowest BCUT2D eigenvalue weighted by Gasteiger charge is -2.23. The van der Waals surface area contributed by atoms with Crippen molar-refractivity contribution in [2.24, 2.45) is 5.73 Å². The van der Waals surface area contributed by atoms with Crippen molar-refractivity contribution in [3.05, 3.63) is 29.8 Å². The van der Waals surface area contributed by atoms with Gasteiger partial charge in [0.05, 0.1) is 6.61 Å². The van der Waals surface area contributed by atoms with E-state index in [1.165, 1.54) is 6.07 Å². The summed E-state index contributed by atoms with van der Waals surface area (Å²) in [4.78, 5) is 0. The summed E-state index contributed by atoms with van der Waals surface area (Å²) < 4.78 is 31.2. The van der Waals surface area contributed by atoms with E-state index in [9.17, 15) is 8.78 Å². The van der Waals surface area contributed by atoms with Crippen LogP contribution in [0.4, 0.5) is 8.78 Å². The fourth-order valence-corrected chi connectivity index (χ4v) is 1.51. The fourth-order valence-electron chi connectivity index (χ4n) is 1.51. The van der Waals surface area contributed by atoms with E-state index in [0.717, 1.165) is 18.6 Å². The largest absolute Gasteiger partial charge is 0.483 e. The third-order valence-electron chi connectivity index (χ3n) is 2.45. The molecule has 0 aliphatic heterocycles. The molecular formula is C12H17F2NO2. The maximum Gasteiger partial charge on any atom is 0.167 e. The first-order valence-electron chi connectivity index (χ1n) is 5.56. The molecule has 3 nitrogen and oxygen atoms in total. The first-order valence-corrected chi connectivity index (χ1v) is 5.56. The zero-order chi connectivity index (χ0) is 12.8. The Bertz CT molecular complexity index is 360. The molecular weight excluding hydrogens is 228 g/mol. The van der Waals surface area contributed by atoms with Gasteiger partial charge < -0.3 is 15.6 Å². The molecule has 0 saturated heterocycles. The summed E-state index contributed by atoms with van der Waals surface area (Å²) in [5.41, 5.74) is 5.79. The lowest BCUT2D eigenvalue weighted by molar-refractivity contribution is 0.0879. The fraction of sp³-hybridized carbons (Fsp3) is 0.500.